The van der Waals surface area contributed by atoms with Crippen molar-refractivity contribution in [2.45, 2.75) is 6.92 Å². The molecule has 0 fully saturated rings. The van der Waals surface area contributed by atoms with Crippen molar-refractivity contribution in [1.82, 2.24) is 5.32 Å². The van der Waals surface area contributed by atoms with Crippen molar-refractivity contribution in [3.05, 3.63) is 70.9 Å². The van der Waals surface area contributed by atoms with E-state index in [9.17, 15) is 4.79 Å². The molecule has 0 spiro atoms. The quantitative estimate of drug-likeness (QED) is 0.860. The van der Waals surface area contributed by atoms with Crippen LogP contribution in [0.25, 0.3) is 6.08 Å². The smallest absolute Gasteiger partial charge is 0.314 e. The Kier molecular flexibility index (Phi) is 4.80. The van der Waals surface area contributed by atoms with E-state index in [4.69, 9.17) is 11.6 Å². The van der Waals surface area contributed by atoms with Gasteiger partial charge in [-0.3, -0.25) is 0 Å². The molecule has 0 bridgehead atoms. The monoisotopic (exact) mass is 286 g/mol. The van der Waals surface area contributed by atoms with E-state index in [0.29, 0.717) is 5.02 Å². The van der Waals surface area contributed by atoms with Crippen molar-refractivity contribution >= 4 is 29.4 Å². The Labute approximate surface area is 123 Å². The number of anilines is 1. The van der Waals surface area contributed by atoms with E-state index in [-0.39, 0.29) is 6.03 Å². The van der Waals surface area contributed by atoms with Crippen LogP contribution in [-0.4, -0.2) is 6.03 Å². The Balaban J connectivity index is 1.89. The van der Waals surface area contributed by atoms with Gasteiger partial charge in [0.1, 0.15) is 0 Å². The number of amides is 2. The number of nitrogens with one attached hydrogen (secondary N) is 2. The van der Waals surface area contributed by atoms with Crippen LogP contribution >= 0.6 is 11.6 Å². The van der Waals surface area contributed by atoms with Crippen LogP contribution in [0.3, 0.4) is 0 Å². The van der Waals surface area contributed by atoms with Crippen LogP contribution in [0.2, 0.25) is 5.02 Å². The fourth-order valence-corrected chi connectivity index (χ4v) is 1.91. The molecule has 102 valence electrons. The van der Waals surface area contributed by atoms with Crippen LogP contribution in [0.1, 0.15) is 11.1 Å². The van der Waals surface area contributed by atoms with E-state index in [1.54, 1.807) is 18.3 Å². The van der Waals surface area contributed by atoms with E-state index < -0.39 is 0 Å². The lowest BCUT2D eigenvalue weighted by molar-refractivity contribution is 0.255. The first-order chi connectivity index (χ1) is 9.63. The molecule has 0 atom stereocenters. The molecule has 2 N–H and O–H groups in total. The second-order valence-electron chi connectivity index (χ2n) is 4.36. The summed E-state index contributed by atoms with van der Waals surface area (Å²) in [6, 6.07) is 14.7. The van der Waals surface area contributed by atoms with E-state index in [0.717, 1.165) is 16.8 Å². The zero-order chi connectivity index (χ0) is 14.4. The summed E-state index contributed by atoms with van der Waals surface area (Å²) in [6.07, 6.45) is 3.36. The van der Waals surface area contributed by atoms with Crippen molar-refractivity contribution in [2.24, 2.45) is 0 Å². The predicted octanol–water partition coefficient (Wildman–Crippen LogP) is 4.44. The summed E-state index contributed by atoms with van der Waals surface area (Å²) >= 11 is 5.87. The molecule has 3 nitrogen and oxygen atoms in total. The highest BCUT2D eigenvalue weighted by Crippen LogP contribution is 2.11. The normalized spacial score (nSPS) is 10.5. The standard InChI is InChI=1S/C16H15ClN2O/c1-12-4-2-7-15(10-12)19-16(20)18-9-8-13-5-3-6-14(17)11-13/h2-11H,1H3,(H2,18,19,20)/b9-8+. The Morgan fingerprint density at radius 3 is 2.70 bits per heavy atom. The van der Waals surface area contributed by atoms with Crippen molar-refractivity contribution in [1.29, 1.82) is 0 Å². The summed E-state index contributed by atoms with van der Waals surface area (Å²) in [4.78, 5) is 11.7. The number of halogens is 1. The van der Waals surface area contributed by atoms with Gasteiger partial charge in [0, 0.05) is 16.9 Å². The number of hydrogen-bond donors (Lipinski definition) is 2. The topological polar surface area (TPSA) is 41.1 Å². The molecule has 0 aliphatic heterocycles. The lowest BCUT2D eigenvalue weighted by Gasteiger charge is -2.05. The highest BCUT2D eigenvalue weighted by Gasteiger charge is 1.98. The zero-order valence-corrected chi connectivity index (χ0v) is 11.8. The number of hydrogen-bond acceptors (Lipinski definition) is 1. The second-order valence-corrected chi connectivity index (χ2v) is 4.79. The lowest BCUT2D eigenvalue weighted by Crippen LogP contribution is -2.23. The molecule has 2 aromatic carbocycles. The largest absolute Gasteiger partial charge is 0.323 e. The van der Waals surface area contributed by atoms with Crippen LogP contribution in [0.5, 0.6) is 0 Å². The Hall–Kier alpha value is -2.26. The molecule has 0 saturated carbocycles. The fourth-order valence-electron chi connectivity index (χ4n) is 1.71. The van der Waals surface area contributed by atoms with Gasteiger partial charge in [0.15, 0.2) is 0 Å². The second kappa shape index (κ2) is 6.78. The van der Waals surface area contributed by atoms with Crippen molar-refractivity contribution in [3.63, 3.8) is 0 Å². The van der Waals surface area contributed by atoms with Gasteiger partial charge in [-0.2, -0.15) is 0 Å². The van der Waals surface area contributed by atoms with E-state index >= 15 is 0 Å². The lowest BCUT2D eigenvalue weighted by atomic mass is 10.2. The van der Waals surface area contributed by atoms with E-state index in [2.05, 4.69) is 10.6 Å². The van der Waals surface area contributed by atoms with Crippen LogP contribution < -0.4 is 10.6 Å². The van der Waals surface area contributed by atoms with Crippen molar-refractivity contribution in [2.75, 3.05) is 5.32 Å². The summed E-state index contributed by atoms with van der Waals surface area (Å²) in [6.45, 7) is 1.97. The van der Waals surface area contributed by atoms with Crippen molar-refractivity contribution < 1.29 is 4.79 Å². The Morgan fingerprint density at radius 2 is 1.95 bits per heavy atom. The molecule has 0 aliphatic rings. The van der Waals surface area contributed by atoms with E-state index in [1.165, 1.54) is 0 Å². The summed E-state index contributed by atoms with van der Waals surface area (Å²) in [5.41, 5.74) is 2.78. The minimum absolute atomic E-state index is 0.283. The van der Waals surface area contributed by atoms with Gasteiger partial charge in [0.25, 0.3) is 0 Å². The first-order valence-electron chi connectivity index (χ1n) is 6.20. The number of carbonyl (C=O) groups excluding carboxylic acids is 1. The minimum Gasteiger partial charge on any atom is -0.314 e. The first-order valence-corrected chi connectivity index (χ1v) is 6.57. The van der Waals surface area contributed by atoms with Gasteiger partial charge < -0.3 is 10.6 Å². The fraction of sp³-hybridized carbons (Fsp3) is 0.0625. The molecule has 0 aromatic heterocycles. The molecule has 2 amide bonds. The summed E-state index contributed by atoms with van der Waals surface area (Å²) in [5, 5.41) is 6.06. The molecule has 2 aromatic rings. The molecule has 0 heterocycles. The minimum atomic E-state index is -0.283. The number of carbonyl (C=O) groups is 1. The maximum Gasteiger partial charge on any atom is 0.323 e. The SMILES string of the molecule is Cc1cccc(NC(=O)N/C=C/c2cccc(Cl)c2)c1. The zero-order valence-electron chi connectivity index (χ0n) is 11.1. The maximum atomic E-state index is 11.7. The molecule has 0 unspecified atom stereocenters. The number of urea groups is 1. The third kappa shape index (κ3) is 4.44. The van der Waals surface area contributed by atoms with Crippen molar-refractivity contribution in [3.8, 4) is 0 Å². The summed E-state index contributed by atoms with van der Waals surface area (Å²) in [5.74, 6) is 0. The third-order valence-corrected chi connectivity index (χ3v) is 2.85. The van der Waals surface area contributed by atoms with Gasteiger partial charge in [-0.25, -0.2) is 4.79 Å². The molecule has 2 rings (SSSR count). The summed E-state index contributed by atoms with van der Waals surface area (Å²) in [7, 11) is 0. The molecule has 0 saturated heterocycles. The third-order valence-electron chi connectivity index (χ3n) is 2.61. The average Bonchev–Trinajstić information content (AvgIpc) is 2.38. The molecular weight excluding hydrogens is 272 g/mol. The van der Waals surface area contributed by atoms with Crippen LogP contribution in [0, 0.1) is 6.92 Å². The van der Waals surface area contributed by atoms with Gasteiger partial charge in [0.05, 0.1) is 0 Å². The van der Waals surface area contributed by atoms with Crippen LogP contribution in [0.15, 0.2) is 54.7 Å². The number of rotatable bonds is 3. The van der Waals surface area contributed by atoms with Gasteiger partial charge in [-0.05, 0) is 48.4 Å². The predicted molar refractivity (Wildman–Crippen MR) is 83.8 cm³/mol. The first kappa shape index (κ1) is 14.2. The van der Waals surface area contributed by atoms with Gasteiger partial charge in [0.2, 0.25) is 0 Å². The van der Waals surface area contributed by atoms with Crippen LogP contribution in [0.4, 0.5) is 10.5 Å². The van der Waals surface area contributed by atoms with Crippen LogP contribution in [-0.2, 0) is 0 Å². The maximum absolute atomic E-state index is 11.7. The van der Waals surface area contributed by atoms with Gasteiger partial charge >= 0.3 is 6.03 Å². The number of benzene rings is 2. The van der Waals surface area contributed by atoms with Gasteiger partial charge in [-0.15, -0.1) is 0 Å². The molecular formula is C16H15ClN2O. The molecule has 20 heavy (non-hydrogen) atoms. The highest BCUT2D eigenvalue weighted by molar-refractivity contribution is 6.30. The number of aryl methyl sites for hydroxylation is 1. The highest BCUT2D eigenvalue weighted by atomic mass is 35.5. The van der Waals surface area contributed by atoms with Gasteiger partial charge in [-0.1, -0.05) is 35.9 Å². The molecule has 0 aliphatic carbocycles. The Bertz CT molecular complexity index is 638. The average molecular weight is 287 g/mol. The summed E-state index contributed by atoms with van der Waals surface area (Å²) < 4.78 is 0. The molecule has 4 heteroatoms. The van der Waals surface area contributed by atoms with E-state index in [1.807, 2.05) is 49.4 Å². The Morgan fingerprint density at radius 1 is 1.15 bits per heavy atom. The molecule has 0 radical (unpaired) electrons.